The first-order chi connectivity index (χ1) is 10.1. The number of hydrogen-bond acceptors (Lipinski definition) is 4. The predicted octanol–water partition coefficient (Wildman–Crippen LogP) is 1.85. The van der Waals surface area contributed by atoms with Gasteiger partial charge in [0.15, 0.2) is 0 Å². The van der Waals surface area contributed by atoms with Crippen molar-refractivity contribution in [3.8, 4) is 5.75 Å². The van der Waals surface area contributed by atoms with Crippen molar-refractivity contribution in [2.24, 2.45) is 5.92 Å². The van der Waals surface area contributed by atoms with Crippen molar-refractivity contribution in [3.63, 3.8) is 0 Å². The zero-order valence-corrected chi connectivity index (χ0v) is 13.3. The Kier molecular flexibility index (Phi) is 4.48. The second-order valence-corrected chi connectivity index (χ2v) is 6.60. The third kappa shape index (κ3) is 3.57. The minimum atomic E-state index is 0.429. The summed E-state index contributed by atoms with van der Waals surface area (Å²) in [5.41, 5.74) is 1.35. The standard InChI is InChI=1S/C17H26N2O2/c1-18(2)11-16-8-14-10-19(12-17(14)21-16)9-13-4-6-15(20-3)7-5-13/h4-7,14,16-17H,8-12H2,1-3H3/t14-,16-,17+/m0/s1. The Hall–Kier alpha value is -1.10. The van der Waals surface area contributed by atoms with E-state index in [2.05, 4.69) is 36.0 Å². The molecule has 116 valence electrons. The molecule has 2 aliphatic rings. The normalized spacial score (nSPS) is 29.0. The number of hydrogen-bond donors (Lipinski definition) is 0. The van der Waals surface area contributed by atoms with Crippen molar-refractivity contribution in [2.75, 3.05) is 40.8 Å². The predicted molar refractivity (Wildman–Crippen MR) is 83.6 cm³/mol. The van der Waals surface area contributed by atoms with Crippen LogP contribution in [0.5, 0.6) is 5.75 Å². The molecule has 2 fully saturated rings. The molecule has 0 bridgehead atoms. The lowest BCUT2D eigenvalue weighted by Crippen LogP contribution is -2.29. The van der Waals surface area contributed by atoms with Gasteiger partial charge in [-0.3, -0.25) is 4.90 Å². The zero-order chi connectivity index (χ0) is 14.8. The first kappa shape index (κ1) is 14.8. The summed E-state index contributed by atoms with van der Waals surface area (Å²) in [7, 11) is 5.94. The highest BCUT2D eigenvalue weighted by molar-refractivity contribution is 5.27. The lowest BCUT2D eigenvalue weighted by atomic mass is 10.0. The van der Waals surface area contributed by atoms with Crippen LogP contribution in [0.3, 0.4) is 0 Å². The maximum atomic E-state index is 6.20. The largest absolute Gasteiger partial charge is 0.497 e. The maximum Gasteiger partial charge on any atom is 0.118 e. The highest BCUT2D eigenvalue weighted by Crippen LogP contribution is 2.33. The number of benzene rings is 1. The Balaban J connectivity index is 1.50. The van der Waals surface area contributed by atoms with Crippen molar-refractivity contribution >= 4 is 0 Å². The number of methoxy groups -OCH3 is 1. The van der Waals surface area contributed by atoms with Gasteiger partial charge in [0.2, 0.25) is 0 Å². The van der Waals surface area contributed by atoms with Gasteiger partial charge in [-0.25, -0.2) is 0 Å². The molecule has 2 aliphatic heterocycles. The minimum absolute atomic E-state index is 0.429. The van der Waals surface area contributed by atoms with Gasteiger partial charge < -0.3 is 14.4 Å². The van der Waals surface area contributed by atoms with Crippen LogP contribution in [-0.2, 0) is 11.3 Å². The molecule has 0 unspecified atom stereocenters. The van der Waals surface area contributed by atoms with Gasteiger partial charge in [-0.2, -0.15) is 0 Å². The summed E-state index contributed by atoms with van der Waals surface area (Å²) in [5, 5.41) is 0. The van der Waals surface area contributed by atoms with Crippen LogP contribution in [0.1, 0.15) is 12.0 Å². The molecule has 0 amide bonds. The molecule has 1 aromatic rings. The summed E-state index contributed by atoms with van der Waals surface area (Å²) < 4.78 is 11.4. The monoisotopic (exact) mass is 290 g/mol. The third-order valence-corrected chi connectivity index (χ3v) is 4.52. The number of likely N-dealkylation sites (N-methyl/N-ethyl adjacent to an activating group) is 1. The van der Waals surface area contributed by atoms with Crippen LogP contribution in [0.4, 0.5) is 0 Å². The van der Waals surface area contributed by atoms with Gasteiger partial charge >= 0.3 is 0 Å². The summed E-state index contributed by atoms with van der Waals surface area (Å²) in [6, 6.07) is 8.39. The molecule has 0 saturated carbocycles. The van der Waals surface area contributed by atoms with E-state index >= 15 is 0 Å². The number of nitrogens with zero attached hydrogens (tertiary/aromatic N) is 2. The highest BCUT2D eigenvalue weighted by atomic mass is 16.5. The average molecular weight is 290 g/mol. The SMILES string of the molecule is COc1ccc(CN2C[C@@H]3C[C@@H](CN(C)C)O[C@@H]3C2)cc1. The molecule has 1 aromatic carbocycles. The van der Waals surface area contributed by atoms with Gasteiger partial charge in [-0.15, -0.1) is 0 Å². The molecule has 4 heteroatoms. The van der Waals surface area contributed by atoms with Crippen LogP contribution in [-0.4, -0.2) is 62.8 Å². The van der Waals surface area contributed by atoms with Gasteiger partial charge in [-0.05, 0) is 38.2 Å². The van der Waals surface area contributed by atoms with E-state index in [1.807, 2.05) is 12.1 Å². The smallest absolute Gasteiger partial charge is 0.118 e. The van der Waals surface area contributed by atoms with E-state index in [-0.39, 0.29) is 0 Å². The second-order valence-electron chi connectivity index (χ2n) is 6.60. The fourth-order valence-electron chi connectivity index (χ4n) is 3.59. The van der Waals surface area contributed by atoms with E-state index in [0.29, 0.717) is 18.1 Å². The number of rotatable bonds is 5. The number of ether oxygens (including phenoxy) is 2. The molecule has 2 heterocycles. The molecule has 2 saturated heterocycles. The van der Waals surface area contributed by atoms with E-state index in [1.54, 1.807) is 7.11 Å². The molecule has 0 aromatic heterocycles. The summed E-state index contributed by atoms with van der Waals surface area (Å²) >= 11 is 0. The van der Waals surface area contributed by atoms with Crippen LogP contribution >= 0.6 is 0 Å². The maximum absolute atomic E-state index is 6.20. The lowest BCUT2D eigenvalue weighted by Gasteiger charge is -2.21. The number of likely N-dealkylation sites (tertiary alicyclic amines) is 1. The molecule has 0 spiro atoms. The quantitative estimate of drug-likeness (QED) is 0.826. The third-order valence-electron chi connectivity index (χ3n) is 4.52. The Labute approximate surface area is 127 Å². The Bertz CT molecular complexity index is 446. The van der Waals surface area contributed by atoms with Crippen LogP contribution in [0.25, 0.3) is 0 Å². The van der Waals surface area contributed by atoms with E-state index in [1.165, 1.54) is 18.5 Å². The van der Waals surface area contributed by atoms with Crippen LogP contribution in [0.2, 0.25) is 0 Å². The average Bonchev–Trinajstić information content (AvgIpc) is 2.96. The van der Waals surface area contributed by atoms with Crippen molar-refractivity contribution in [1.29, 1.82) is 0 Å². The zero-order valence-electron chi connectivity index (χ0n) is 13.3. The molecular weight excluding hydrogens is 264 g/mol. The van der Waals surface area contributed by atoms with Gasteiger partial charge in [0.05, 0.1) is 19.3 Å². The van der Waals surface area contributed by atoms with Crippen molar-refractivity contribution < 1.29 is 9.47 Å². The Morgan fingerprint density at radius 1 is 1.24 bits per heavy atom. The van der Waals surface area contributed by atoms with E-state index < -0.39 is 0 Å². The highest BCUT2D eigenvalue weighted by Gasteiger charge is 2.41. The van der Waals surface area contributed by atoms with Crippen LogP contribution < -0.4 is 4.74 Å². The van der Waals surface area contributed by atoms with Gasteiger partial charge in [0.25, 0.3) is 0 Å². The fraction of sp³-hybridized carbons (Fsp3) is 0.647. The van der Waals surface area contributed by atoms with Gasteiger partial charge in [0, 0.05) is 32.1 Å². The summed E-state index contributed by atoms with van der Waals surface area (Å²) in [6.45, 7) is 4.30. The van der Waals surface area contributed by atoms with E-state index in [9.17, 15) is 0 Å². The topological polar surface area (TPSA) is 24.9 Å². The molecule has 3 rings (SSSR count). The number of fused-ring (bicyclic) bond motifs is 1. The van der Waals surface area contributed by atoms with Crippen LogP contribution in [0.15, 0.2) is 24.3 Å². The minimum Gasteiger partial charge on any atom is -0.497 e. The Morgan fingerprint density at radius 3 is 2.62 bits per heavy atom. The molecule has 4 nitrogen and oxygen atoms in total. The van der Waals surface area contributed by atoms with Crippen LogP contribution in [0, 0.1) is 5.92 Å². The summed E-state index contributed by atoms with van der Waals surface area (Å²) in [6.07, 6.45) is 2.08. The Morgan fingerprint density at radius 2 is 2.00 bits per heavy atom. The molecule has 3 atom stereocenters. The molecular formula is C17H26N2O2. The van der Waals surface area contributed by atoms with Gasteiger partial charge in [0.1, 0.15) is 5.75 Å². The first-order valence-corrected chi connectivity index (χ1v) is 7.79. The molecule has 0 N–H and O–H groups in total. The fourth-order valence-corrected chi connectivity index (χ4v) is 3.59. The molecule has 0 aliphatic carbocycles. The first-order valence-electron chi connectivity index (χ1n) is 7.79. The van der Waals surface area contributed by atoms with Crippen molar-refractivity contribution in [3.05, 3.63) is 29.8 Å². The van der Waals surface area contributed by atoms with E-state index in [0.717, 1.165) is 25.4 Å². The lowest BCUT2D eigenvalue weighted by molar-refractivity contribution is 0.0250. The van der Waals surface area contributed by atoms with Crippen molar-refractivity contribution in [1.82, 2.24) is 9.80 Å². The summed E-state index contributed by atoms with van der Waals surface area (Å²) in [4.78, 5) is 4.74. The summed E-state index contributed by atoms with van der Waals surface area (Å²) in [5.74, 6) is 1.64. The molecule has 21 heavy (non-hydrogen) atoms. The second kappa shape index (κ2) is 6.34. The van der Waals surface area contributed by atoms with E-state index in [4.69, 9.17) is 9.47 Å². The molecule has 0 radical (unpaired) electrons. The van der Waals surface area contributed by atoms with Crippen molar-refractivity contribution in [2.45, 2.75) is 25.2 Å². The van der Waals surface area contributed by atoms with Gasteiger partial charge in [-0.1, -0.05) is 12.1 Å².